The summed E-state index contributed by atoms with van der Waals surface area (Å²) in [5.74, 6) is 2.61. The van der Waals surface area contributed by atoms with Crippen molar-refractivity contribution in [3.63, 3.8) is 0 Å². The summed E-state index contributed by atoms with van der Waals surface area (Å²) >= 11 is 0. The molecule has 22 heavy (non-hydrogen) atoms. The van der Waals surface area contributed by atoms with E-state index in [0.29, 0.717) is 24.2 Å². The van der Waals surface area contributed by atoms with Crippen LogP contribution in [0.3, 0.4) is 0 Å². The number of allylic oxidation sites excluding steroid dienone is 2. The topological polar surface area (TPSA) is 26.3 Å². The predicted molar refractivity (Wildman–Crippen MR) is 87.9 cm³/mol. The highest BCUT2D eigenvalue weighted by atomic mass is 16.5. The Morgan fingerprint density at radius 1 is 1.27 bits per heavy atom. The Morgan fingerprint density at radius 3 is 2.95 bits per heavy atom. The number of hydrogen-bond acceptors (Lipinski definition) is 2. The van der Waals surface area contributed by atoms with Crippen LogP contribution in [0.4, 0.5) is 0 Å². The van der Waals surface area contributed by atoms with Gasteiger partial charge in [-0.25, -0.2) is 0 Å². The Balaban J connectivity index is 1.73. The van der Waals surface area contributed by atoms with Crippen LogP contribution in [0.1, 0.15) is 50.7 Å². The zero-order chi connectivity index (χ0) is 15.3. The van der Waals surface area contributed by atoms with Gasteiger partial charge in [-0.15, -0.1) is 0 Å². The van der Waals surface area contributed by atoms with Crippen LogP contribution in [0.5, 0.6) is 5.75 Å². The Kier molecular flexibility index (Phi) is 3.18. The minimum Gasteiger partial charge on any atom is -0.494 e. The molecule has 1 fully saturated rings. The summed E-state index contributed by atoms with van der Waals surface area (Å²) < 4.78 is 5.64. The van der Waals surface area contributed by atoms with Crippen molar-refractivity contribution in [1.29, 1.82) is 0 Å². The van der Waals surface area contributed by atoms with Crippen molar-refractivity contribution in [3.05, 3.63) is 35.4 Å². The average Bonchev–Trinajstić information content (AvgIpc) is 2.83. The number of aryl methyl sites for hydroxylation is 1. The zero-order valence-corrected chi connectivity index (χ0v) is 13.5. The largest absolute Gasteiger partial charge is 0.494 e. The van der Waals surface area contributed by atoms with Crippen molar-refractivity contribution in [2.75, 3.05) is 6.61 Å². The highest BCUT2D eigenvalue weighted by Gasteiger charge is 2.51. The molecule has 1 saturated carbocycles. The van der Waals surface area contributed by atoms with Crippen molar-refractivity contribution in [2.45, 2.75) is 46.0 Å². The monoisotopic (exact) mass is 296 g/mol. The number of ether oxygens (including phenoxy) is 1. The first-order chi connectivity index (χ1) is 10.6. The normalized spacial score (nSPS) is 32.8. The molecule has 0 spiro atoms. The zero-order valence-electron chi connectivity index (χ0n) is 13.5. The number of fused-ring (bicyclic) bond motifs is 5. The predicted octanol–water partition coefficient (Wildman–Crippen LogP) is 4.42. The molecule has 0 saturated heterocycles. The lowest BCUT2D eigenvalue weighted by Crippen LogP contribution is -2.38. The first kappa shape index (κ1) is 14.0. The summed E-state index contributed by atoms with van der Waals surface area (Å²) in [7, 11) is 0. The molecule has 0 unspecified atom stereocenters. The van der Waals surface area contributed by atoms with E-state index in [2.05, 4.69) is 31.2 Å². The van der Waals surface area contributed by atoms with Gasteiger partial charge in [0.15, 0.2) is 0 Å². The first-order valence-electron chi connectivity index (χ1n) is 8.63. The molecule has 1 aromatic carbocycles. The molecule has 0 radical (unpaired) electrons. The van der Waals surface area contributed by atoms with E-state index >= 15 is 0 Å². The average molecular weight is 296 g/mol. The second-order valence-corrected chi connectivity index (χ2v) is 7.25. The van der Waals surface area contributed by atoms with Crippen molar-refractivity contribution in [2.24, 2.45) is 17.3 Å². The van der Waals surface area contributed by atoms with Gasteiger partial charge >= 0.3 is 0 Å². The number of benzene rings is 1. The van der Waals surface area contributed by atoms with Crippen LogP contribution in [0.15, 0.2) is 24.3 Å². The van der Waals surface area contributed by atoms with E-state index in [1.165, 1.54) is 23.1 Å². The third-order valence-electron chi connectivity index (χ3n) is 6.19. The van der Waals surface area contributed by atoms with E-state index in [4.69, 9.17) is 4.74 Å². The quantitative estimate of drug-likeness (QED) is 0.807. The molecule has 0 amide bonds. The van der Waals surface area contributed by atoms with Crippen molar-refractivity contribution < 1.29 is 9.53 Å². The summed E-state index contributed by atoms with van der Waals surface area (Å²) in [6.45, 7) is 4.94. The molecule has 2 heteroatoms. The third kappa shape index (κ3) is 1.89. The van der Waals surface area contributed by atoms with Gasteiger partial charge in [0.1, 0.15) is 11.5 Å². The van der Waals surface area contributed by atoms with Gasteiger partial charge in [0, 0.05) is 11.8 Å². The molecule has 3 aliphatic rings. The highest BCUT2D eigenvalue weighted by molar-refractivity contribution is 5.89. The maximum atomic E-state index is 12.3. The Morgan fingerprint density at radius 2 is 2.14 bits per heavy atom. The van der Waals surface area contributed by atoms with Crippen LogP contribution in [-0.2, 0) is 11.2 Å². The molecule has 3 aliphatic carbocycles. The van der Waals surface area contributed by atoms with E-state index in [9.17, 15) is 4.79 Å². The number of rotatable bonds is 2. The first-order valence-corrected chi connectivity index (χ1v) is 8.63. The lowest BCUT2D eigenvalue weighted by atomic mass is 9.60. The van der Waals surface area contributed by atoms with E-state index in [-0.39, 0.29) is 5.41 Å². The molecule has 1 aromatic rings. The molecule has 4 rings (SSSR count). The van der Waals surface area contributed by atoms with Crippen molar-refractivity contribution in [3.8, 4) is 5.75 Å². The van der Waals surface area contributed by atoms with Gasteiger partial charge in [0.2, 0.25) is 0 Å². The van der Waals surface area contributed by atoms with Crippen LogP contribution in [0.25, 0.3) is 5.57 Å². The van der Waals surface area contributed by atoms with E-state index in [1.54, 1.807) is 0 Å². The summed E-state index contributed by atoms with van der Waals surface area (Å²) in [6, 6.07) is 6.54. The molecule has 0 N–H and O–H groups in total. The molecule has 2 nitrogen and oxygen atoms in total. The molecule has 116 valence electrons. The molecule has 0 aromatic heterocycles. The van der Waals surface area contributed by atoms with Gasteiger partial charge in [-0.05, 0) is 73.3 Å². The molecule has 3 atom stereocenters. The fourth-order valence-electron chi connectivity index (χ4n) is 4.99. The minimum atomic E-state index is -0.0864. The van der Waals surface area contributed by atoms with Gasteiger partial charge in [0.25, 0.3) is 0 Å². The van der Waals surface area contributed by atoms with Crippen LogP contribution in [0, 0.1) is 17.3 Å². The summed E-state index contributed by atoms with van der Waals surface area (Å²) in [5, 5.41) is 0. The molecular formula is C20H24O2. The van der Waals surface area contributed by atoms with Crippen LogP contribution in [0.2, 0.25) is 0 Å². The van der Waals surface area contributed by atoms with Gasteiger partial charge in [0.05, 0.1) is 6.61 Å². The SMILES string of the molecule is CCOc1ccc2c(c1)CC[C@@H]1C2=CC[C@]2(C)C(=O)CC[C@@H]12. The molecule has 0 heterocycles. The van der Waals surface area contributed by atoms with Crippen LogP contribution >= 0.6 is 0 Å². The lowest BCUT2D eigenvalue weighted by molar-refractivity contribution is -0.126. The van der Waals surface area contributed by atoms with Gasteiger partial charge in [-0.1, -0.05) is 19.1 Å². The summed E-state index contributed by atoms with van der Waals surface area (Å²) in [4.78, 5) is 12.3. The molecular weight excluding hydrogens is 272 g/mol. The van der Waals surface area contributed by atoms with E-state index in [0.717, 1.165) is 31.4 Å². The number of Topliss-reactive ketones (excluding diaryl/α,β-unsaturated/α-hetero) is 1. The Hall–Kier alpha value is -1.57. The smallest absolute Gasteiger partial charge is 0.139 e. The fourth-order valence-corrected chi connectivity index (χ4v) is 4.99. The van der Waals surface area contributed by atoms with Gasteiger partial charge in [-0.2, -0.15) is 0 Å². The maximum absolute atomic E-state index is 12.3. The lowest BCUT2D eigenvalue weighted by Gasteiger charge is -2.43. The molecule has 0 aliphatic heterocycles. The second-order valence-electron chi connectivity index (χ2n) is 7.25. The third-order valence-corrected chi connectivity index (χ3v) is 6.19. The minimum absolute atomic E-state index is 0.0864. The standard InChI is InChI=1S/C20H24O2/c1-3-22-14-5-7-15-13(12-14)4-6-17-16(15)10-11-20(2)18(17)8-9-19(20)21/h5,7,10,12,17-18H,3-4,6,8-9,11H2,1-2H3/t17-,18+,20+/m1/s1. The van der Waals surface area contributed by atoms with Crippen LogP contribution < -0.4 is 4.74 Å². The van der Waals surface area contributed by atoms with Crippen LogP contribution in [-0.4, -0.2) is 12.4 Å². The highest BCUT2D eigenvalue weighted by Crippen LogP contribution is 2.56. The fraction of sp³-hybridized carbons (Fsp3) is 0.550. The Bertz CT molecular complexity index is 658. The second kappa shape index (κ2) is 4.97. The van der Waals surface area contributed by atoms with Crippen molar-refractivity contribution in [1.82, 2.24) is 0 Å². The summed E-state index contributed by atoms with van der Waals surface area (Å²) in [5.41, 5.74) is 4.24. The van der Waals surface area contributed by atoms with Gasteiger partial charge in [-0.3, -0.25) is 4.79 Å². The Labute approximate surface area is 132 Å². The van der Waals surface area contributed by atoms with Crippen molar-refractivity contribution >= 4 is 11.4 Å². The molecule has 0 bridgehead atoms. The van der Waals surface area contributed by atoms with E-state index in [1.807, 2.05) is 6.92 Å². The number of carbonyl (C=O) groups is 1. The number of ketones is 1. The summed E-state index contributed by atoms with van der Waals surface area (Å²) in [6.07, 6.45) is 7.46. The van der Waals surface area contributed by atoms with E-state index < -0.39 is 0 Å². The number of carbonyl (C=O) groups excluding carboxylic acids is 1. The maximum Gasteiger partial charge on any atom is 0.139 e. The van der Waals surface area contributed by atoms with Gasteiger partial charge < -0.3 is 4.74 Å². The number of hydrogen-bond donors (Lipinski definition) is 0.